The summed E-state index contributed by atoms with van der Waals surface area (Å²) in [7, 11) is 0. The highest BCUT2D eigenvalue weighted by Crippen LogP contribution is 2.29. The maximum absolute atomic E-state index is 10.8. The Morgan fingerprint density at radius 1 is 1.33 bits per heavy atom. The molecule has 0 bridgehead atoms. The number of hydrogen-bond donors (Lipinski definition) is 1. The van der Waals surface area contributed by atoms with E-state index in [1.165, 1.54) is 6.20 Å². The van der Waals surface area contributed by atoms with Gasteiger partial charge in [0.15, 0.2) is 5.69 Å². The van der Waals surface area contributed by atoms with Crippen LogP contribution in [0.15, 0.2) is 30.6 Å². The number of aromatic carboxylic acids is 1. The Balaban J connectivity index is 2.04. The fourth-order valence-corrected chi connectivity index (χ4v) is 1.95. The fourth-order valence-electron chi connectivity index (χ4n) is 1.95. The summed E-state index contributed by atoms with van der Waals surface area (Å²) in [5.74, 6) is -0.185. The molecule has 2 heterocycles. The molecule has 1 aromatic heterocycles. The average Bonchev–Trinajstić information content (AvgIpc) is 2.86. The number of nitrogens with zero attached hydrogens (tertiary/aromatic N) is 2. The second kappa shape index (κ2) is 4.10. The van der Waals surface area contributed by atoms with Crippen LogP contribution in [0.2, 0.25) is 0 Å². The van der Waals surface area contributed by atoms with Crippen molar-refractivity contribution in [2.75, 3.05) is 6.61 Å². The molecule has 0 saturated heterocycles. The minimum absolute atomic E-state index is 0.0516. The summed E-state index contributed by atoms with van der Waals surface area (Å²) < 4.78 is 5.42. The summed E-state index contributed by atoms with van der Waals surface area (Å²) in [6.45, 7) is 0.694. The van der Waals surface area contributed by atoms with Crippen LogP contribution in [0.1, 0.15) is 16.1 Å². The second-order valence-corrected chi connectivity index (χ2v) is 4.02. The molecular formula is C13H10N2O3. The lowest BCUT2D eigenvalue weighted by molar-refractivity contribution is 0.0690. The van der Waals surface area contributed by atoms with Crippen LogP contribution in [0.25, 0.3) is 11.3 Å². The number of carbonyl (C=O) groups is 1. The van der Waals surface area contributed by atoms with Gasteiger partial charge < -0.3 is 9.84 Å². The van der Waals surface area contributed by atoms with Crippen molar-refractivity contribution >= 4 is 5.97 Å². The molecule has 0 radical (unpaired) electrons. The maximum Gasteiger partial charge on any atom is 0.356 e. The lowest BCUT2D eigenvalue weighted by Gasteiger charge is -2.04. The van der Waals surface area contributed by atoms with Crippen LogP contribution >= 0.6 is 0 Å². The number of carboxylic acids is 1. The molecule has 0 saturated carbocycles. The van der Waals surface area contributed by atoms with Gasteiger partial charge in [0.25, 0.3) is 0 Å². The average molecular weight is 242 g/mol. The number of rotatable bonds is 2. The van der Waals surface area contributed by atoms with Gasteiger partial charge in [0.1, 0.15) is 5.75 Å². The zero-order valence-electron chi connectivity index (χ0n) is 9.46. The van der Waals surface area contributed by atoms with E-state index in [4.69, 9.17) is 9.84 Å². The highest BCUT2D eigenvalue weighted by molar-refractivity contribution is 5.85. The molecule has 1 aliphatic heterocycles. The minimum Gasteiger partial charge on any atom is -0.493 e. The quantitative estimate of drug-likeness (QED) is 0.868. The van der Waals surface area contributed by atoms with Crippen LogP contribution in [-0.4, -0.2) is 27.7 Å². The van der Waals surface area contributed by atoms with Crippen LogP contribution < -0.4 is 4.74 Å². The van der Waals surface area contributed by atoms with E-state index in [0.29, 0.717) is 12.3 Å². The molecule has 0 fully saturated rings. The van der Waals surface area contributed by atoms with Crippen molar-refractivity contribution in [2.45, 2.75) is 6.42 Å². The molecule has 0 spiro atoms. The third-order valence-electron chi connectivity index (χ3n) is 2.84. The molecule has 90 valence electrons. The Kier molecular flexibility index (Phi) is 2.44. The van der Waals surface area contributed by atoms with Crippen molar-refractivity contribution in [1.82, 2.24) is 9.97 Å². The number of ether oxygens (including phenoxy) is 1. The van der Waals surface area contributed by atoms with Crippen LogP contribution in [-0.2, 0) is 6.42 Å². The summed E-state index contributed by atoms with van der Waals surface area (Å²) >= 11 is 0. The third-order valence-corrected chi connectivity index (χ3v) is 2.84. The van der Waals surface area contributed by atoms with E-state index in [1.54, 1.807) is 6.20 Å². The number of aromatic nitrogens is 2. The largest absolute Gasteiger partial charge is 0.493 e. The summed E-state index contributed by atoms with van der Waals surface area (Å²) in [5, 5.41) is 8.89. The predicted octanol–water partition coefficient (Wildman–Crippen LogP) is 1.78. The predicted molar refractivity (Wildman–Crippen MR) is 63.6 cm³/mol. The highest BCUT2D eigenvalue weighted by Gasteiger charge is 2.14. The molecule has 1 N–H and O–H groups in total. The van der Waals surface area contributed by atoms with Crippen molar-refractivity contribution in [3.05, 3.63) is 41.9 Å². The van der Waals surface area contributed by atoms with Gasteiger partial charge in [0, 0.05) is 12.0 Å². The van der Waals surface area contributed by atoms with Crippen molar-refractivity contribution in [2.24, 2.45) is 0 Å². The Bertz CT molecular complexity index is 625. The van der Waals surface area contributed by atoms with Crippen LogP contribution in [0.3, 0.4) is 0 Å². The first kappa shape index (κ1) is 10.7. The maximum atomic E-state index is 10.8. The van der Waals surface area contributed by atoms with E-state index in [2.05, 4.69) is 9.97 Å². The SMILES string of the molecule is O=C(O)c1cncc(-c2ccc3c(c2)CCO3)n1. The summed E-state index contributed by atoms with van der Waals surface area (Å²) in [5.41, 5.74) is 2.48. The molecule has 18 heavy (non-hydrogen) atoms. The fraction of sp³-hybridized carbons (Fsp3) is 0.154. The molecule has 1 aromatic carbocycles. The minimum atomic E-state index is -1.08. The highest BCUT2D eigenvalue weighted by atomic mass is 16.5. The molecule has 0 amide bonds. The molecule has 2 aromatic rings. The number of hydrogen-bond acceptors (Lipinski definition) is 4. The molecule has 3 rings (SSSR count). The number of benzene rings is 1. The summed E-state index contributed by atoms with van der Waals surface area (Å²) in [6, 6.07) is 5.71. The van der Waals surface area contributed by atoms with E-state index in [1.807, 2.05) is 18.2 Å². The molecule has 1 aliphatic rings. The standard InChI is InChI=1S/C13H10N2O3/c16-13(17)11-7-14-6-10(15-11)8-1-2-12-9(5-8)3-4-18-12/h1-2,5-7H,3-4H2,(H,16,17). The van der Waals surface area contributed by atoms with Gasteiger partial charge in [-0.1, -0.05) is 0 Å². The van der Waals surface area contributed by atoms with Gasteiger partial charge in [0.05, 0.1) is 24.7 Å². The first-order valence-electron chi connectivity index (χ1n) is 5.55. The smallest absolute Gasteiger partial charge is 0.356 e. The Morgan fingerprint density at radius 3 is 3.06 bits per heavy atom. The lowest BCUT2D eigenvalue weighted by Crippen LogP contribution is -2.02. The first-order chi connectivity index (χ1) is 8.74. The van der Waals surface area contributed by atoms with Crippen molar-refractivity contribution in [1.29, 1.82) is 0 Å². The van der Waals surface area contributed by atoms with Gasteiger partial charge in [-0.2, -0.15) is 0 Å². The van der Waals surface area contributed by atoms with Crippen LogP contribution in [0.5, 0.6) is 5.75 Å². The number of fused-ring (bicyclic) bond motifs is 1. The van der Waals surface area contributed by atoms with E-state index in [0.717, 1.165) is 23.3 Å². The third kappa shape index (κ3) is 1.79. The van der Waals surface area contributed by atoms with E-state index in [-0.39, 0.29) is 5.69 Å². The Labute approximate surface area is 103 Å². The topological polar surface area (TPSA) is 72.3 Å². The molecule has 5 nitrogen and oxygen atoms in total. The first-order valence-corrected chi connectivity index (χ1v) is 5.55. The summed E-state index contributed by atoms with van der Waals surface area (Å²) in [4.78, 5) is 18.8. The zero-order chi connectivity index (χ0) is 12.5. The zero-order valence-corrected chi connectivity index (χ0v) is 9.46. The van der Waals surface area contributed by atoms with Gasteiger partial charge in [-0.05, 0) is 23.8 Å². The van der Waals surface area contributed by atoms with Gasteiger partial charge in [-0.3, -0.25) is 4.98 Å². The molecule has 0 atom stereocenters. The van der Waals surface area contributed by atoms with Crippen LogP contribution in [0, 0.1) is 0 Å². The van der Waals surface area contributed by atoms with E-state index in [9.17, 15) is 4.79 Å². The summed E-state index contributed by atoms with van der Waals surface area (Å²) in [6.07, 6.45) is 3.67. The van der Waals surface area contributed by atoms with E-state index >= 15 is 0 Å². The number of carboxylic acid groups (broad SMARTS) is 1. The lowest BCUT2D eigenvalue weighted by atomic mass is 10.1. The normalized spacial score (nSPS) is 12.9. The van der Waals surface area contributed by atoms with E-state index < -0.39 is 5.97 Å². The van der Waals surface area contributed by atoms with Crippen molar-refractivity contribution < 1.29 is 14.6 Å². The van der Waals surface area contributed by atoms with Crippen molar-refractivity contribution in [3.8, 4) is 17.0 Å². The second-order valence-electron chi connectivity index (χ2n) is 4.02. The van der Waals surface area contributed by atoms with Crippen molar-refractivity contribution in [3.63, 3.8) is 0 Å². The van der Waals surface area contributed by atoms with Gasteiger partial charge in [-0.15, -0.1) is 0 Å². The van der Waals surface area contributed by atoms with Gasteiger partial charge in [-0.25, -0.2) is 9.78 Å². The Morgan fingerprint density at radius 2 is 2.22 bits per heavy atom. The van der Waals surface area contributed by atoms with Crippen LogP contribution in [0.4, 0.5) is 0 Å². The monoisotopic (exact) mass is 242 g/mol. The molecule has 0 aliphatic carbocycles. The molecule has 5 heteroatoms. The van der Waals surface area contributed by atoms with Gasteiger partial charge >= 0.3 is 5.97 Å². The Hall–Kier alpha value is -2.43. The van der Waals surface area contributed by atoms with Gasteiger partial charge in [0.2, 0.25) is 0 Å². The molecular weight excluding hydrogens is 232 g/mol. The molecule has 0 unspecified atom stereocenters.